The van der Waals surface area contributed by atoms with Gasteiger partial charge in [0.05, 0.1) is 15.0 Å². The third-order valence-corrected chi connectivity index (χ3v) is 4.48. The first-order valence-electron chi connectivity index (χ1n) is 7.59. The Morgan fingerprint density at radius 3 is 2.68 bits per heavy atom. The molecule has 1 aromatic carbocycles. The Morgan fingerprint density at radius 2 is 2.08 bits per heavy atom. The van der Waals surface area contributed by atoms with Crippen molar-refractivity contribution in [2.45, 2.75) is 13.0 Å². The molecule has 1 saturated heterocycles. The average Bonchev–Trinajstić information content (AvgIpc) is 3.03. The summed E-state index contributed by atoms with van der Waals surface area (Å²) in [6, 6.07) is 4.19. The lowest BCUT2D eigenvalue weighted by atomic mass is 10.2. The highest BCUT2D eigenvalue weighted by Crippen LogP contribution is 2.32. The number of nitrogens with zero attached hydrogens (tertiary/aromatic N) is 4. The molecule has 132 valence electrons. The van der Waals surface area contributed by atoms with E-state index in [1.54, 1.807) is 17.2 Å². The first kappa shape index (κ1) is 17.7. The third-order valence-electron chi connectivity index (χ3n) is 3.91. The largest absolute Gasteiger partial charge is 0.334 e. The molecule has 2 heterocycles. The highest BCUT2D eigenvalue weighted by Gasteiger charge is 2.24. The summed E-state index contributed by atoms with van der Waals surface area (Å²) >= 11 is 12.2. The zero-order chi connectivity index (χ0) is 18.1. The second kappa shape index (κ2) is 6.99. The van der Waals surface area contributed by atoms with E-state index in [0.717, 1.165) is 6.54 Å². The summed E-state index contributed by atoms with van der Waals surface area (Å²) in [5.74, 6) is -0.179. The lowest BCUT2D eigenvalue weighted by Crippen LogP contribution is -2.51. The van der Waals surface area contributed by atoms with Crippen LogP contribution >= 0.6 is 23.2 Å². The Hall–Kier alpha value is -2.16. The molecule has 0 saturated carbocycles. The van der Waals surface area contributed by atoms with Crippen molar-refractivity contribution in [1.82, 2.24) is 20.0 Å². The average molecular weight is 384 g/mol. The molecule has 1 fully saturated rings. The quantitative estimate of drug-likeness (QED) is 0.649. The Morgan fingerprint density at radius 1 is 1.40 bits per heavy atom. The topological polar surface area (TPSA) is 93.3 Å². The second-order valence-corrected chi connectivity index (χ2v) is 6.58. The molecule has 0 radical (unpaired) electrons. The van der Waals surface area contributed by atoms with Crippen molar-refractivity contribution in [3.05, 3.63) is 50.2 Å². The summed E-state index contributed by atoms with van der Waals surface area (Å²) in [6.07, 6.45) is 1.55. The van der Waals surface area contributed by atoms with Crippen LogP contribution in [-0.2, 0) is 0 Å². The summed E-state index contributed by atoms with van der Waals surface area (Å²) in [5, 5.41) is 18.5. The van der Waals surface area contributed by atoms with E-state index in [1.165, 1.54) is 16.8 Å². The van der Waals surface area contributed by atoms with Crippen LogP contribution in [0.4, 0.5) is 5.69 Å². The van der Waals surface area contributed by atoms with Crippen LogP contribution in [0.2, 0.25) is 10.0 Å². The summed E-state index contributed by atoms with van der Waals surface area (Å²) in [5.41, 5.74) is 0.346. The molecule has 1 aromatic heterocycles. The van der Waals surface area contributed by atoms with Gasteiger partial charge in [0, 0.05) is 44.0 Å². The lowest BCUT2D eigenvalue weighted by molar-refractivity contribution is -0.384. The van der Waals surface area contributed by atoms with Gasteiger partial charge in [-0.3, -0.25) is 14.9 Å². The van der Waals surface area contributed by atoms with Crippen LogP contribution in [0.3, 0.4) is 0 Å². The van der Waals surface area contributed by atoms with Gasteiger partial charge in [0.2, 0.25) is 0 Å². The Bertz CT molecular complexity index is 815. The van der Waals surface area contributed by atoms with Gasteiger partial charge in [-0.1, -0.05) is 23.2 Å². The Balaban J connectivity index is 1.89. The van der Waals surface area contributed by atoms with E-state index in [2.05, 4.69) is 10.4 Å². The minimum atomic E-state index is -0.578. The fourth-order valence-corrected chi connectivity index (χ4v) is 3.37. The van der Waals surface area contributed by atoms with Crippen LogP contribution in [0.25, 0.3) is 5.69 Å². The molecule has 0 aliphatic carbocycles. The number of nitro groups is 1. The van der Waals surface area contributed by atoms with E-state index in [-0.39, 0.29) is 33.4 Å². The predicted octanol–water partition coefficient (Wildman–Crippen LogP) is 2.52. The molecule has 1 amide bonds. The predicted molar refractivity (Wildman–Crippen MR) is 93.6 cm³/mol. The number of nitro benzene ring substituents is 1. The van der Waals surface area contributed by atoms with E-state index in [0.29, 0.717) is 18.8 Å². The van der Waals surface area contributed by atoms with Crippen LogP contribution in [-0.4, -0.2) is 51.2 Å². The number of hydrogen-bond donors (Lipinski definition) is 1. The van der Waals surface area contributed by atoms with Crippen molar-refractivity contribution in [3.8, 4) is 5.69 Å². The van der Waals surface area contributed by atoms with Gasteiger partial charge in [-0.15, -0.1) is 0 Å². The van der Waals surface area contributed by atoms with Gasteiger partial charge in [0.15, 0.2) is 5.69 Å². The maximum Gasteiger partial charge on any atom is 0.274 e. The van der Waals surface area contributed by atoms with Gasteiger partial charge in [-0.2, -0.15) is 5.10 Å². The van der Waals surface area contributed by atoms with Crippen LogP contribution in [0.1, 0.15) is 17.4 Å². The summed E-state index contributed by atoms with van der Waals surface area (Å²) in [6.45, 7) is 3.95. The van der Waals surface area contributed by atoms with Gasteiger partial charge in [-0.05, 0) is 13.0 Å². The summed E-state index contributed by atoms with van der Waals surface area (Å²) < 4.78 is 1.35. The molecule has 25 heavy (non-hydrogen) atoms. The normalized spacial score (nSPS) is 17.6. The minimum absolute atomic E-state index is 0.0806. The maximum atomic E-state index is 12.6. The number of amides is 1. The molecule has 1 atom stereocenters. The molecule has 0 bridgehead atoms. The van der Waals surface area contributed by atoms with Crippen molar-refractivity contribution in [2.75, 3.05) is 19.6 Å². The standard InChI is InChI=1S/C15H15Cl2N5O3/c1-9-8-20(5-3-18-9)15(23)13-2-4-21(19-13)14-11(16)6-10(22(24)25)7-12(14)17/h2,4,6-7,9,18H,3,5,8H2,1H3. The number of rotatable bonds is 3. The SMILES string of the molecule is CC1CN(C(=O)c2ccn(-c3c(Cl)cc([N+](=O)[O-])cc3Cl)n2)CCN1. The number of halogens is 2. The number of benzene rings is 1. The second-order valence-electron chi connectivity index (χ2n) is 5.77. The highest BCUT2D eigenvalue weighted by molar-refractivity contribution is 6.38. The monoisotopic (exact) mass is 383 g/mol. The fraction of sp³-hybridized carbons (Fsp3) is 0.333. The number of hydrogen-bond acceptors (Lipinski definition) is 5. The minimum Gasteiger partial charge on any atom is -0.334 e. The van der Waals surface area contributed by atoms with Gasteiger partial charge >= 0.3 is 0 Å². The van der Waals surface area contributed by atoms with E-state index < -0.39 is 4.92 Å². The molecule has 8 nitrogen and oxygen atoms in total. The molecule has 0 spiro atoms. The smallest absolute Gasteiger partial charge is 0.274 e. The summed E-state index contributed by atoms with van der Waals surface area (Å²) in [7, 11) is 0. The fourth-order valence-electron chi connectivity index (χ4n) is 2.72. The number of carbonyl (C=O) groups is 1. The van der Waals surface area contributed by atoms with Gasteiger partial charge in [0.1, 0.15) is 5.69 Å². The zero-order valence-electron chi connectivity index (χ0n) is 13.3. The highest BCUT2D eigenvalue weighted by atomic mass is 35.5. The van der Waals surface area contributed by atoms with E-state index >= 15 is 0 Å². The van der Waals surface area contributed by atoms with Gasteiger partial charge in [-0.25, -0.2) is 4.68 Å². The van der Waals surface area contributed by atoms with E-state index in [4.69, 9.17) is 23.2 Å². The van der Waals surface area contributed by atoms with E-state index in [1.807, 2.05) is 6.92 Å². The molecule has 1 unspecified atom stereocenters. The number of piperazine rings is 1. The van der Waals surface area contributed by atoms with Crippen LogP contribution in [0.5, 0.6) is 0 Å². The summed E-state index contributed by atoms with van der Waals surface area (Å²) in [4.78, 5) is 24.6. The van der Waals surface area contributed by atoms with E-state index in [9.17, 15) is 14.9 Å². The van der Waals surface area contributed by atoms with Crippen molar-refractivity contribution in [1.29, 1.82) is 0 Å². The molecule has 3 rings (SSSR count). The number of non-ortho nitro benzene ring substituents is 1. The molecule has 1 aliphatic rings. The van der Waals surface area contributed by atoms with Gasteiger partial charge in [0.25, 0.3) is 11.6 Å². The van der Waals surface area contributed by atoms with Crippen molar-refractivity contribution < 1.29 is 9.72 Å². The zero-order valence-corrected chi connectivity index (χ0v) is 14.8. The molecular weight excluding hydrogens is 369 g/mol. The van der Waals surface area contributed by atoms with Crippen LogP contribution in [0, 0.1) is 10.1 Å². The molecular formula is C15H15Cl2N5O3. The maximum absolute atomic E-state index is 12.6. The van der Waals surface area contributed by atoms with Crippen molar-refractivity contribution >= 4 is 34.8 Å². The molecule has 1 N–H and O–H groups in total. The van der Waals surface area contributed by atoms with Crippen molar-refractivity contribution in [3.63, 3.8) is 0 Å². The number of nitrogens with one attached hydrogen (secondary N) is 1. The number of carbonyl (C=O) groups excluding carboxylic acids is 1. The molecule has 1 aliphatic heterocycles. The van der Waals surface area contributed by atoms with Gasteiger partial charge < -0.3 is 10.2 Å². The Labute approximate surface area is 153 Å². The first-order valence-corrected chi connectivity index (χ1v) is 8.34. The van der Waals surface area contributed by atoms with Crippen LogP contribution in [0.15, 0.2) is 24.4 Å². The van der Waals surface area contributed by atoms with Crippen molar-refractivity contribution in [2.24, 2.45) is 0 Å². The third kappa shape index (κ3) is 3.60. The number of aromatic nitrogens is 2. The molecule has 10 heteroatoms. The molecule has 2 aromatic rings. The lowest BCUT2D eigenvalue weighted by Gasteiger charge is -2.31. The van der Waals surface area contributed by atoms with Crippen LogP contribution < -0.4 is 5.32 Å². The Kier molecular flexibility index (Phi) is 4.94. The first-order chi connectivity index (χ1) is 11.9.